The van der Waals surface area contributed by atoms with Crippen LogP contribution in [0.2, 0.25) is 35.7 Å². The van der Waals surface area contributed by atoms with Crippen molar-refractivity contribution in [3.63, 3.8) is 0 Å². The van der Waals surface area contributed by atoms with Gasteiger partial charge in [0.15, 0.2) is 5.65 Å². The molecular weight excluding hydrogens is 631 g/mol. The minimum atomic E-state index is -1.28. The van der Waals surface area contributed by atoms with Gasteiger partial charge in [-0.3, -0.25) is 14.3 Å². The van der Waals surface area contributed by atoms with Gasteiger partial charge in [0.25, 0.3) is 5.91 Å². The van der Waals surface area contributed by atoms with Gasteiger partial charge in [-0.15, -0.1) is 0 Å². The number of aromatic nitrogens is 5. The lowest BCUT2D eigenvalue weighted by Gasteiger charge is -2.33. The van der Waals surface area contributed by atoms with Crippen molar-refractivity contribution in [3.05, 3.63) is 40.1 Å². The van der Waals surface area contributed by atoms with Gasteiger partial charge < -0.3 is 25.3 Å². The third-order valence-corrected chi connectivity index (χ3v) is 11.1. The number of piperidine rings is 1. The lowest BCUT2D eigenvalue weighted by atomic mass is 10.0. The summed E-state index contributed by atoms with van der Waals surface area (Å²) in [5.74, 6) is -0.293. The van der Waals surface area contributed by atoms with Crippen LogP contribution in [0.25, 0.3) is 33.5 Å². The molecule has 0 bridgehead atoms. The standard InChI is InChI=1S/C31H40Cl2N8O3Si/c1-39-25-14-23(33)22(32)13-20(25)27(38-39)24-15-35-29-28(36-24)21(16-41(29)17-44-11-12-45(2,3)4)30(42)37-26(18-5-6-18)31(43)40-9-7-19(34)8-10-40/h13-16,18-19,26H,5-12,17,34H2,1-4H3,(H,37,42)/t26-/m1/s1. The summed E-state index contributed by atoms with van der Waals surface area (Å²) in [5, 5.41) is 9.35. The zero-order chi connectivity index (χ0) is 32.0. The average molecular weight is 672 g/mol. The summed E-state index contributed by atoms with van der Waals surface area (Å²) < 4.78 is 9.55. The van der Waals surface area contributed by atoms with Gasteiger partial charge in [-0.05, 0) is 49.8 Å². The number of benzene rings is 1. The molecular formula is C31H40Cl2N8O3Si. The molecule has 45 heavy (non-hydrogen) atoms. The van der Waals surface area contributed by atoms with Gasteiger partial charge in [0.2, 0.25) is 5.91 Å². The van der Waals surface area contributed by atoms with Crippen molar-refractivity contribution < 1.29 is 14.3 Å². The third-order valence-electron chi connectivity index (χ3n) is 8.67. The number of likely N-dealkylation sites (tertiary alicyclic amines) is 1. The summed E-state index contributed by atoms with van der Waals surface area (Å²) in [6, 6.07) is 4.05. The number of aryl methyl sites for hydroxylation is 1. The monoisotopic (exact) mass is 670 g/mol. The molecule has 1 saturated heterocycles. The van der Waals surface area contributed by atoms with E-state index in [0.29, 0.717) is 57.9 Å². The average Bonchev–Trinajstić information content (AvgIpc) is 3.71. The molecule has 0 radical (unpaired) electrons. The molecule has 2 aliphatic rings. The molecule has 2 fully saturated rings. The molecule has 1 atom stereocenters. The fraction of sp³-hybridized carbons (Fsp3) is 0.516. The van der Waals surface area contributed by atoms with E-state index in [1.54, 1.807) is 33.8 Å². The Hall–Kier alpha value is -3.03. The molecule has 4 aromatic rings. The zero-order valence-electron chi connectivity index (χ0n) is 26.1. The summed E-state index contributed by atoms with van der Waals surface area (Å²) in [7, 11) is 0.536. The van der Waals surface area contributed by atoms with E-state index in [2.05, 4.69) is 30.1 Å². The normalized spacial score (nSPS) is 16.9. The minimum absolute atomic E-state index is 0.0431. The minimum Gasteiger partial charge on any atom is -0.361 e. The van der Waals surface area contributed by atoms with Crippen molar-refractivity contribution in [1.29, 1.82) is 0 Å². The predicted molar refractivity (Wildman–Crippen MR) is 179 cm³/mol. The lowest BCUT2D eigenvalue weighted by Crippen LogP contribution is -2.53. The molecule has 1 aliphatic carbocycles. The van der Waals surface area contributed by atoms with E-state index in [-0.39, 0.29) is 30.5 Å². The molecule has 3 N–H and O–H groups in total. The lowest BCUT2D eigenvalue weighted by molar-refractivity contribution is -0.134. The highest BCUT2D eigenvalue weighted by atomic mass is 35.5. The largest absolute Gasteiger partial charge is 0.361 e. The summed E-state index contributed by atoms with van der Waals surface area (Å²) in [4.78, 5) is 39.1. The number of rotatable bonds is 10. The Morgan fingerprint density at radius 2 is 1.84 bits per heavy atom. The molecule has 6 rings (SSSR count). The van der Waals surface area contributed by atoms with Crippen LogP contribution >= 0.6 is 23.2 Å². The molecule has 240 valence electrons. The summed E-state index contributed by atoms with van der Waals surface area (Å²) in [5.41, 5.74) is 9.16. The zero-order valence-corrected chi connectivity index (χ0v) is 28.7. The highest BCUT2D eigenvalue weighted by Gasteiger charge is 2.40. The van der Waals surface area contributed by atoms with Crippen molar-refractivity contribution in [2.75, 3.05) is 19.7 Å². The maximum atomic E-state index is 14.0. The Labute approximate surface area is 273 Å². The number of nitrogens with two attached hydrogens (primary N) is 1. The second-order valence-corrected chi connectivity index (χ2v) is 19.9. The first-order valence-corrected chi connectivity index (χ1v) is 20.0. The second kappa shape index (κ2) is 12.6. The molecule has 0 spiro atoms. The fourth-order valence-electron chi connectivity index (χ4n) is 5.76. The van der Waals surface area contributed by atoms with E-state index in [4.69, 9.17) is 43.6 Å². The number of halogens is 2. The van der Waals surface area contributed by atoms with Gasteiger partial charge in [-0.2, -0.15) is 5.10 Å². The Balaban J connectivity index is 1.35. The molecule has 1 saturated carbocycles. The Morgan fingerprint density at radius 3 is 2.53 bits per heavy atom. The molecule has 11 nitrogen and oxygen atoms in total. The number of carbonyl (C=O) groups is 2. The van der Waals surface area contributed by atoms with Gasteiger partial charge in [0.1, 0.15) is 29.7 Å². The van der Waals surface area contributed by atoms with Crippen LogP contribution in [0.15, 0.2) is 24.5 Å². The van der Waals surface area contributed by atoms with Gasteiger partial charge in [0, 0.05) is 52.4 Å². The van der Waals surface area contributed by atoms with Crippen LogP contribution in [0.1, 0.15) is 36.0 Å². The van der Waals surface area contributed by atoms with E-state index in [1.807, 2.05) is 11.9 Å². The van der Waals surface area contributed by atoms with Crippen LogP contribution in [0.3, 0.4) is 0 Å². The van der Waals surface area contributed by atoms with Crippen LogP contribution in [0, 0.1) is 5.92 Å². The Bertz CT molecular complexity index is 1760. The van der Waals surface area contributed by atoms with Crippen LogP contribution in [0.5, 0.6) is 0 Å². The molecule has 4 heterocycles. The quantitative estimate of drug-likeness (QED) is 0.178. The maximum Gasteiger partial charge on any atom is 0.255 e. The topological polar surface area (TPSA) is 133 Å². The Kier molecular flexibility index (Phi) is 8.96. The van der Waals surface area contributed by atoms with Gasteiger partial charge in [-0.1, -0.05) is 42.8 Å². The van der Waals surface area contributed by atoms with E-state index >= 15 is 0 Å². The number of amides is 2. The molecule has 14 heteroatoms. The SMILES string of the molecule is Cn1nc(-c2cnc3c(n2)c(C(=O)N[C@@H](C(=O)N2CCC(N)CC2)C2CC2)cn3COCC[Si](C)(C)C)c2cc(Cl)c(Cl)cc21. The molecule has 0 unspecified atom stereocenters. The molecule has 1 aliphatic heterocycles. The maximum absolute atomic E-state index is 14.0. The number of ether oxygens (including phenoxy) is 1. The first kappa shape index (κ1) is 31.9. The van der Waals surface area contributed by atoms with E-state index in [9.17, 15) is 9.59 Å². The number of nitrogens with zero attached hydrogens (tertiary/aromatic N) is 6. The number of hydrogen-bond donors (Lipinski definition) is 2. The van der Waals surface area contributed by atoms with E-state index in [1.165, 1.54) is 0 Å². The van der Waals surface area contributed by atoms with Crippen molar-refractivity contribution in [2.45, 2.75) is 70.2 Å². The van der Waals surface area contributed by atoms with Crippen LogP contribution in [-0.4, -0.2) is 80.9 Å². The first-order valence-electron chi connectivity index (χ1n) is 15.5. The van der Waals surface area contributed by atoms with Crippen LogP contribution in [0.4, 0.5) is 0 Å². The number of carbonyl (C=O) groups excluding carboxylic acids is 2. The van der Waals surface area contributed by atoms with Crippen LogP contribution in [-0.2, 0) is 23.3 Å². The summed E-state index contributed by atoms with van der Waals surface area (Å²) >= 11 is 12.7. The van der Waals surface area contributed by atoms with Gasteiger partial charge in [0.05, 0.1) is 27.3 Å². The van der Waals surface area contributed by atoms with E-state index in [0.717, 1.165) is 42.6 Å². The highest BCUT2D eigenvalue weighted by Crippen LogP contribution is 2.35. The second-order valence-electron chi connectivity index (χ2n) is 13.5. The smallest absolute Gasteiger partial charge is 0.255 e. The first-order chi connectivity index (χ1) is 21.4. The van der Waals surface area contributed by atoms with Gasteiger partial charge in [-0.25, -0.2) is 9.97 Å². The molecule has 2 amide bonds. The summed E-state index contributed by atoms with van der Waals surface area (Å²) in [6.07, 6.45) is 6.70. The molecule has 3 aromatic heterocycles. The molecule has 1 aromatic carbocycles. The van der Waals surface area contributed by atoms with Crippen molar-refractivity contribution in [2.24, 2.45) is 18.7 Å². The predicted octanol–water partition coefficient (Wildman–Crippen LogP) is 5.06. The summed E-state index contributed by atoms with van der Waals surface area (Å²) in [6.45, 7) is 8.95. The third kappa shape index (κ3) is 6.90. The van der Waals surface area contributed by atoms with Gasteiger partial charge >= 0.3 is 0 Å². The highest BCUT2D eigenvalue weighted by molar-refractivity contribution is 6.76. The van der Waals surface area contributed by atoms with Crippen molar-refractivity contribution in [3.8, 4) is 11.4 Å². The Morgan fingerprint density at radius 1 is 1.13 bits per heavy atom. The van der Waals surface area contributed by atoms with Crippen LogP contribution < -0.4 is 11.1 Å². The number of hydrogen-bond acceptors (Lipinski definition) is 7. The number of fused-ring (bicyclic) bond motifs is 2. The number of nitrogens with one attached hydrogen (secondary N) is 1. The van der Waals surface area contributed by atoms with Crippen molar-refractivity contribution >= 4 is 65.2 Å². The van der Waals surface area contributed by atoms with Crippen molar-refractivity contribution in [1.82, 2.24) is 34.5 Å². The van der Waals surface area contributed by atoms with E-state index < -0.39 is 14.1 Å². The fourth-order valence-corrected chi connectivity index (χ4v) is 6.84.